The number of hydrogen-bond donors (Lipinski definition) is 0. The van der Waals surface area contributed by atoms with Crippen LogP contribution in [0.15, 0.2) is 60.7 Å². The zero-order chi connectivity index (χ0) is 24.4. The van der Waals surface area contributed by atoms with Gasteiger partial charge in [-0.2, -0.15) is 0 Å². The smallest absolute Gasteiger partial charge is 0.133 e. The van der Waals surface area contributed by atoms with Crippen LogP contribution in [0.25, 0.3) is 11.3 Å². The van der Waals surface area contributed by atoms with Crippen LogP contribution in [0.4, 0.5) is 5.82 Å². The summed E-state index contributed by atoms with van der Waals surface area (Å²) in [5.41, 5.74) is 8.19. The predicted molar refractivity (Wildman–Crippen MR) is 148 cm³/mol. The SMILES string of the molecule is C#CCCc1cccc(CCN2c3nc(-c4ccc(CC(C)(C)C)cc4)ccc3C3CCC2C3)c1. The van der Waals surface area contributed by atoms with Crippen LogP contribution < -0.4 is 4.90 Å². The van der Waals surface area contributed by atoms with Gasteiger partial charge in [-0.05, 0) is 78.2 Å². The Morgan fingerprint density at radius 2 is 1.71 bits per heavy atom. The first kappa shape index (κ1) is 23.7. The molecule has 1 aliphatic heterocycles. The van der Waals surface area contributed by atoms with Gasteiger partial charge in [0.1, 0.15) is 5.82 Å². The Hall–Kier alpha value is -3.05. The summed E-state index contributed by atoms with van der Waals surface area (Å²) in [6.07, 6.45) is 13.2. The highest BCUT2D eigenvalue weighted by atomic mass is 15.2. The predicted octanol–water partition coefficient (Wildman–Crippen LogP) is 7.60. The van der Waals surface area contributed by atoms with Crippen molar-refractivity contribution in [3.05, 3.63) is 82.9 Å². The first-order valence-corrected chi connectivity index (χ1v) is 13.3. The maximum atomic E-state index is 5.47. The van der Waals surface area contributed by atoms with Gasteiger partial charge in [0, 0.05) is 24.6 Å². The fourth-order valence-electron chi connectivity index (χ4n) is 5.97. The lowest BCUT2D eigenvalue weighted by atomic mass is 9.88. The standard InChI is InChI=1S/C33H38N2/c1-5-6-8-24-9-7-10-25(21-24)19-20-35-29-16-15-28(22-29)30-17-18-31(34-32(30)35)27-13-11-26(12-14-27)23-33(2,3)4/h1,7,9-14,17-18,21,28-29H,6,8,15-16,19-20,22-23H2,2-4H3. The molecule has 2 bridgehead atoms. The van der Waals surface area contributed by atoms with Gasteiger partial charge in [0.15, 0.2) is 0 Å². The van der Waals surface area contributed by atoms with Crippen molar-refractivity contribution in [2.45, 2.75) is 77.7 Å². The van der Waals surface area contributed by atoms with Crippen LogP contribution in [-0.4, -0.2) is 17.6 Å². The van der Waals surface area contributed by atoms with Crippen molar-refractivity contribution in [3.63, 3.8) is 0 Å². The summed E-state index contributed by atoms with van der Waals surface area (Å²) in [7, 11) is 0. The van der Waals surface area contributed by atoms with Crippen molar-refractivity contribution >= 4 is 5.82 Å². The number of benzene rings is 2. The van der Waals surface area contributed by atoms with Gasteiger partial charge in [0.05, 0.1) is 5.69 Å². The number of rotatable bonds is 7. The molecule has 2 nitrogen and oxygen atoms in total. The maximum Gasteiger partial charge on any atom is 0.133 e. The lowest BCUT2D eigenvalue weighted by Gasteiger charge is -2.36. The molecule has 0 saturated heterocycles. The first-order valence-electron chi connectivity index (χ1n) is 13.3. The van der Waals surface area contributed by atoms with E-state index in [-0.39, 0.29) is 0 Å². The molecule has 1 aliphatic carbocycles. The zero-order valence-corrected chi connectivity index (χ0v) is 21.6. The summed E-state index contributed by atoms with van der Waals surface area (Å²) < 4.78 is 0. The third kappa shape index (κ3) is 5.46. The number of anilines is 1. The molecule has 1 fully saturated rings. The zero-order valence-electron chi connectivity index (χ0n) is 21.6. The van der Waals surface area contributed by atoms with Crippen molar-refractivity contribution in [2.24, 2.45) is 5.41 Å². The second-order valence-corrected chi connectivity index (χ2v) is 11.7. The van der Waals surface area contributed by atoms with Crippen LogP contribution in [0, 0.1) is 17.8 Å². The highest BCUT2D eigenvalue weighted by Crippen LogP contribution is 2.47. The van der Waals surface area contributed by atoms with Crippen LogP contribution in [0.2, 0.25) is 0 Å². The van der Waals surface area contributed by atoms with Crippen molar-refractivity contribution in [1.82, 2.24) is 4.98 Å². The Labute approximate surface area is 211 Å². The lowest BCUT2D eigenvalue weighted by molar-refractivity contribution is 0.411. The first-order chi connectivity index (χ1) is 16.9. The molecule has 1 aromatic heterocycles. The number of aryl methyl sites for hydroxylation is 1. The molecular weight excluding hydrogens is 424 g/mol. The largest absolute Gasteiger partial charge is 0.353 e. The highest BCUT2D eigenvalue weighted by Gasteiger charge is 2.38. The minimum absolute atomic E-state index is 0.298. The maximum absolute atomic E-state index is 5.47. The van der Waals surface area contributed by atoms with E-state index in [1.165, 1.54) is 52.9 Å². The molecule has 2 atom stereocenters. The molecule has 0 N–H and O–H groups in total. The highest BCUT2D eigenvalue weighted by molar-refractivity contribution is 5.65. The van der Waals surface area contributed by atoms with E-state index in [2.05, 4.69) is 92.3 Å². The minimum Gasteiger partial charge on any atom is -0.353 e. The molecule has 180 valence electrons. The van der Waals surface area contributed by atoms with E-state index < -0.39 is 0 Å². The van der Waals surface area contributed by atoms with Crippen molar-refractivity contribution < 1.29 is 0 Å². The Kier molecular flexibility index (Phi) is 6.70. The average Bonchev–Trinajstić information content (AvgIpc) is 3.27. The van der Waals surface area contributed by atoms with Gasteiger partial charge in [-0.25, -0.2) is 4.98 Å². The molecule has 2 heterocycles. The van der Waals surface area contributed by atoms with Crippen LogP contribution >= 0.6 is 0 Å². The number of hydrogen-bond acceptors (Lipinski definition) is 2. The molecule has 2 heteroatoms. The third-order valence-electron chi connectivity index (χ3n) is 7.64. The molecule has 0 spiro atoms. The minimum atomic E-state index is 0.298. The normalized spacial score (nSPS) is 18.9. The number of pyridine rings is 1. The summed E-state index contributed by atoms with van der Waals surface area (Å²) in [6.45, 7) is 7.90. The van der Waals surface area contributed by atoms with Crippen LogP contribution in [0.3, 0.4) is 0 Å². The molecule has 1 saturated carbocycles. The van der Waals surface area contributed by atoms with Gasteiger partial charge in [0.2, 0.25) is 0 Å². The molecule has 35 heavy (non-hydrogen) atoms. The fourth-order valence-corrected chi connectivity index (χ4v) is 5.97. The van der Waals surface area contributed by atoms with Crippen LogP contribution in [0.1, 0.15) is 74.6 Å². The summed E-state index contributed by atoms with van der Waals surface area (Å²) >= 11 is 0. The van der Waals surface area contributed by atoms with E-state index in [1.807, 2.05) is 0 Å². The average molecular weight is 463 g/mol. The van der Waals surface area contributed by atoms with E-state index in [4.69, 9.17) is 11.4 Å². The van der Waals surface area contributed by atoms with Gasteiger partial charge in [-0.15, -0.1) is 12.3 Å². The van der Waals surface area contributed by atoms with E-state index >= 15 is 0 Å². The molecule has 2 aliphatic rings. The van der Waals surface area contributed by atoms with E-state index in [9.17, 15) is 0 Å². The Morgan fingerprint density at radius 1 is 0.943 bits per heavy atom. The van der Waals surface area contributed by atoms with Gasteiger partial charge in [0.25, 0.3) is 0 Å². The molecular formula is C33H38N2. The second kappa shape index (κ2) is 9.90. The molecule has 0 radical (unpaired) electrons. The molecule has 0 amide bonds. The summed E-state index contributed by atoms with van der Waals surface area (Å²) in [6, 6.07) is 23.2. The Balaban J connectivity index is 1.37. The summed E-state index contributed by atoms with van der Waals surface area (Å²) in [4.78, 5) is 7.90. The van der Waals surface area contributed by atoms with Gasteiger partial charge in [-0.3, -0.25) is 0 Å². The van der Waals surface area contributed by atoms with Gasteiger partial charge >= 0.3 is 0 Å². The third-order valence-corrected chi connectivity index (χ3v) is 7.64. The second-order valence-electron chi connectivity index (χ2n) is 11.7. The Morgan fingerprint density at radius 3 is 2.46 bits per heavy atom. The monoisotopic (exact) mass is 462 g/mol. The van der Waals surface area contributed by atoms with Crippen LogP contribution in [0.5, 0.6) is 0 Å². The number of terminal acetylenes is 1. The molecule has 2 aromatic carbocycles. The van der Waals surface area contributed by atoms with Crippen molar-refractivity contribution in [3.8, 4) is 23.6 Å². The van der Waals surface area contributed by atoms with Crippen molar-refractivity contribution in [2.75, 3.05) is 11.4 Å². The topological polar surface area (TPSA) is 16.1 Å². The van der Waals surface area contributed by atoms with Gasteiger partial charge in [-0.1, -0.05) is 75.4 Å². The van der Waals surface area contributed by atoms with Crippen molar-refractivity contribution in [1.29, 1.82) is 0 Å². The summed E-state index contributed by atoms with van der Waals surface area (Å²) in [5, 5.41) is 0. The molecule has 3 aromatic rings. The number of nitrogens with zero attached hydrogens (tertiary/aromatic N) is 2. The quantitative estimate of drug-likeness (QED) is 0.336. The summed E-state index contributed by atoms with van der Waals surface area (Å²) in [5.74, 6) is 4.66. The van der Waals surface area contributed by atoms with E-state index in [0.717, 1.165) is 37.9 Å². The molecule has 5 rings (SSSR count). The Bertz CT molecular complexity index is 1210. The fraction of sp³-hybridized carbons (Fsp3) is 0.424. The molecule has 2 unspecified atom stereocenters. The lowest BCUT2D eigenvalue weighted by Crippen LogP contribution is -2.39. The van der Waals surface area contributed by atoms with E-state index in [0.29, 0.717) is 17.4 Å². The van der Waals surface area contributed by atoms with Gasteiger partial charge < -0.3 is 4.90 Å². The number of aromatic nitrogens is 1. The van der Waals surface area contributed by atoms with E-state index in [1.54, 1.807) is 0 Å². The van der Waals surface area contributed by atoms with Crippen LogP contribution in [-0.2, 0) is 19.3 Å². The number of fused-ring (bicyclic) bond motifs is 4.